The van der Waals surface area contributed by atoms with Crippen LogP contribution in [0.3, 0.4) is 0 Å². The Morgan fingerprint density at radius 1 is 1.40 bits per heavy atom. The van der Waals surface area contributed by atoms with Crippen LogP contribution in [0.2, 0.25) is 0 Å². The van der Waals surface area contributed by atoms with Gasteiger partial charge in [0.05, 0.1) is 0 Å². The van der Waals surface area contributed by atoms with Gasteiger partial charge >= 0.3 is 0 Å². The number of benzene rings is 1. The lowest BCUT2D eigenvalue weighted by molar-refractivity contribution is -0.127. The van der Waals surface area contributed by atoms with Gasteiger partial charge in [0.25, 0.3) is 5.91 Å². The SMILES string of the molecule is CCCCCNC(=O)C(C)Oc1cc(Br)cc(F)c1F. The van der Waals surface area contributed by atoms with Gasteiger partial charge in [-0.1, -0.05) is 35.7 Å². The molecule has 3 nitrogen and oxygen atoms in total. The molecule has 112 valence electrons. The van der Waals surface area contributed by atoms with Gasteiger partial charge < -0.3 is 10.1 Å². The summed E-state index contributed by atoms with van der Waals surface area (Å²) in [5.41, 5.74) is 0. The van der Waals surface area contributed by atoms with Crippen LogP contribution >= 0.6 is 15.9 Å². The maximum absolute atomic E-state index is 13.5. The lowest BCUT2D eigenvalue weighted by Gasteiger charge is -2.15. The van der Waals surface area contributed by atoms with Crippen molar-refractivity contribution >= 4 is 21.8 Å². The molecule has 0 radical (unpaired) electrons. The second kappa shape index (κ2) is 8.19. The first-order valence-electron chi connectivity index (χ1n) is 6.54. The monoisotopic (exact) mass is 349 g/mol. The average Bonchev–Trinajstić information content (AvgIpc) is 2.40. The first kappa shape index (κ1) is 16.9. The number of halogens is 3. The maximum Gasteiger partial charge on any atom is 0.260 e. The van der Waals surface area contributed by atoms with Gasteiger partial charge in [-0.05, 0) is 25.5 Å². The molecule has 0 fully saturated rings. The molecule has 0 aromatic heterocycles. The zero-order valence-corrected chi connectivity index (χ0v) is 13.1. The molecule has 0 aliphatic rings. The van der Waals surface area contributed by atoms with E-state index in [1.807, 2.05) is 0 Å². The molecule has 1 rings (SSSR count). The highest BCUT2D eigenvalue weighted by molar-refractivity contribution is 9.10. The number of rotatable bonds is 7. The van der Waals surface area contributed by atoms with Crippen molar-refractivity contribution in [2.75, 3.05) is 6.54 Å². The van der Waals surface area contributed by atoms with Crippen molar-refractivity contribution in [3.63, 3.8) is 0 Å². The zero-order valence-electron chi connectivity index (χ0n) is 11.5. The van der Waals surface area contributed by atoms with Gasteiger partial charge in [0, 0.05) is 11.0 Å². The second-order valence-corrected chi connectivity index (χ2v) is 5.37. The largest absolute Gasteiger partial charge is 0.478 e. The summed E-state index contributed by atoms with van der Waals surface area (Å²) in [6.45, 7) is 4.11. The quantitative estimate of drug-likeness (QED) is 0.600. The number of hydrogen-bond donors (Lipinski definition) is 1. The molecular formula is C14H18BrF2NO2. The highest BCUT2D eigenvalue weighted by Gasteiger charge is 2.18. The van der Waals surface area contributed by atoms with Crippen molar-refractivity contribution in [1.29, 1.82) is 0 Å². The van der Waals surface area contributed by atoms with Crippen molar-refractivity contribution < 1.29 is 18.3 Å². The summed E-state index contributed by atoms with van der Waals surface area (Å²) in [6.07, 6.45) is 2.08. The van der Waals surface area contributed by atoms with E-state index in [-0.39, 0.29) is 11.7 Å². The van der Waals surface area contributed by atoms with E-state index in [1.54, 1.807) is 0 Å². The fourth-order valence-electron chi connectivity index (χ4n) is 1.59. The van der Waals surface area contributed by atoms with Gasteiger partial charge in [-0.3, -0.25) is 4.79 Å². The lowest BCUT2D eigenvalue weighted by Crippen LogP contribution is -2.37. The molecule has 1 atom stereocenters. The average molecular weight is 350 g/mol. The van der Waals surface area contributed by atoms with Crippen LogP contribution in [0, 0.1) is 11.6 Å². The molecule has 0 heterocycles. The number of carbonyl (C=O) groups is 1. The maximum atomic E-state index is 13.5. The predicted molar refractivity (Wildman–Crippen MR) is 76.7 cm³/mol. The topological polar surface area (TPSA) is 38.3 Å². The number of amides is 1. The molecular weight excluding hydrogens is 332 g/mol. The summed E-state index contributed by atoms with van der Waals surface area (Å²) >= 11 is 3.05. The van der Waals surface area contributed by atoms with Crippen LogP contribution in [-0.4, -0.2) is 18.6 Å². The highest BCUT2D eigenvalue weighted by Crippen LogP contribution is 2.26. The molecule has 1 amide bonds. The Labute approximate surface area is 125 Å². The smallest absolute Gasteiger partial charge is 0.260 e. The molecule has 0 spiro atoms. The van der Waals surface area contributed by atoms with Crippen molar-refractivity contribution in [1.82, 2.24) is 5.32 Å². The number of hydrogen-bond acceptors (Lipinski definition) is 2. The van der Waals surface area contributed by atoms with Crippen molar-refractivity contribution in [2.45, 2.75) is 39.2 Å². The molecule has 6 heteroatoms. The molecule has 0 bridgehead atoms. The number of ether oxygens (including phenoxy) is 1. The van der Waals surface area contributed by atoms with Crippen LogP contribution in [0.1, 0.15) is 33.1 Å². The third-order valence-electron chi connectivity index (χ3n) is 2.71. The third kappa shape index (κ3) is 5.07. The fourth-order valence-corrected chi connectivity index (χ4v) is 2.00. The summed E-state index contributed by atoms with van der Waals surface area (Å²) in [5.74, 6) is -2.75. The summed E-state index contributed by atoms with van der Waals surface area (Å²) in [5, 5.41) is 2.69. The standard InChI is InChI=1S/C14H18BrF2NO2/c1-3-4-5-6-18-14(19)9(2)20-12-8-10(15)7-11(16)13(12)17/h7-9H,3-6H2,1-2H3,(H,18,19). The minimum absolute atomic E-state index is 0.284. The van der Waals surface area contributed by atoms with E-state index < -0.39 is 17.7 Å². The molecule has 20 heavy (non-hydrogen) atoms. The second-order valence-electron chi connectivity index (χ2n) is 4.46. The molecule has 1 aromatic carbocycles. The first-order chi connectivity index (χ1) is 9.45. The molecule has 0 saturated carbocycles. The lowest BCUT2D eigenvalue weighted by atomic mass is 10.2. The van der Waals surface area contributed by atoms with Crippen molar-refractivity contribution in [2.24, 2.45) is 0 Å². The molecule has 1 N–H and O–H groups in total. The normalized spacial score (nSPS) is 12.1. The Hall–Kier alpha value is -1.17. The van der Waals surface area contributed by atoms with Crippen LogP contribution < -0.4 is 10.1 Å². The van der Waals surface area contributed by atoms with E-state index in [0.29, 0.717) is 11.0 Å². The van der Waals surface area contributed by atoms with E-state index in [1.165, 1.54) is 13.0 Å². The minimum atomic E-state index is -1.10. The van der Waals surface area contributed by atoms with E-state index in [9.17, 15) is 13.6 Å². The van der Waals surface area contributed by atoms with Gasteiger partial charge in [0.15, 0.2) is 17.7 Å². The van der Waals surface area contributed by atoms with Crippen LogP contribution in [0.15, 0.2) is 16.6 Å². The zero-order chi connectivity index (χ0) is 15.1. The van der Waals surface area contributed by atoms with Crippen LogP contribution in [0.25, 0.3) is 0 Å². The molecule has 1 aromatic rings. The van der Waals surface area contributed by atoms with Gasteiger partial charge in [0.2, 0.25) is 5.82 Å². The first-order valence-corrected chi connectivity index (χ1v) is 7.34. The van der Waals surface area contributed by atoms with E-state index in [4.69, 9.17) is 4.74 Å². The van der Waals surface area contributed by atoms with Crippen LogP contribution in [-0.2, 0) is 4.79 Å². The fraction of sp³-hybridized carbons (Fsp3) is 0.500. The molecule has 0 aliphatic heterocycles. The molecule has 0 aliphatic carbocycles. The third-order valence-corrected chi connectivity index (χ3v) is 3.17. The Bertz CT molecular complexity index is 469. The number of carbonyl (C=O) groups excluding carboxylic acids is 1. The Morgan fingerprint density at radius 2 is 2.10 bits per heavy atom. The van der Waals surface area contributed by atoms with Crippen molar-refractivity contribution in [3.05, 3.63) is 28.2 Å². The van der Waals surface area contributed by atoms with Crippen molar-refractivity contribution in [3.8, 4) is 5.75 Å². The van der Waals surface area contributed by atoms with Crippen LogP contribution in [0.4, 0.5) is 8.78 Å². The Balaban J connectivity index is 2.57. The highest BCUT2D eigenvalue weighted by atomic mass is 79.9. The summed E-state index contributed by atoms with van der Waals surface area (Å²) in [6, 6.07) is 2.29. The Morgan fingerprint density at radius 3 is 2.75 bits per heavy atom. The van der Waals surface area contributed by atoms with E-state index in [2.05, 4.69) is 28.2 Å². The number of nitrogens with one attached hydrogen (secondary N) is 1. The molecule has 0 saturated heterocycles. The summed E-state index contributed by atoms with van der Waals surface area (Å²) in [7, 11) is 0. The number of unbranched alkanes of at least 4 members (excludes halogenated alkanes) is 2. The predicted octanol–water partition coefficient (Wildman–Crippen LogP) is 3.80. The van der Waals surface area contributed by atoms with E-state index in [0.717, 1.165) is 25.3 Å². The van der Waals surface area contributed by atoms with E-state index >= 15 is 0 Å². The minimum Gasteiger partial charge on any atom is -0.478 e. The van der Waals surface area contributed by atoms with Crippen LogP contribution in [0.5, 0.6) is 5.75 Å². The van der Waals surface area contributed by atoms with Gasteiger partial charge in [-0.25, -0.2) is 4.39 Å². The van der Waals surface area contributed by atoms with Gasteiger partial charge in [-0.15, -0.1) is 0 Å². The Kier molecular flexibility index (Phi) is 6.91. The molecule has 1 unspecified atom stereocenters. The van der Waals surface area contributed by atoms with Gasteiger partial charge in [-0.2, -0.15) is 4.39 Å². The summed E-state index contributed by atoms with van der Waals surface area (Å²) in [4.78, 5) is 11.7. The van der Waals surface area contributed by atoms with Gasteiger partial charge in [0.1, 0.15) is 0 Å². The summed E-state index contributed by atoms with van der Waals surface area (Å²) < 4.78 is 32.2.